The van der Waals surface area contributed by atoms with Crippen LogP contribution >= 0.6 is 0 Å². The number of carbonyl (C=O) groups is 1. The molecular formula is C11H17N3O. The van der Waals surface area contributed by atoms with E-state index in [9.17, 15) is 4.79 Å². The molecule has 1 aromatic rings. The molecule has 82 valence electrons. The van der Waals surface area contributed by atoms with E-state index >= 15 is 0 Å². The Balaban J connectivity index is 2.72. The second-order valence-electron chi connectivity index (χ2n) is 3.47. The molecule has 1 rings (SSSR count). The van der Waals surface area contributed by atoms with E-state index in [4.69, 9.17) is 5.73 Å². The number of nitrogens with zero attached hydrogens (tertiary/aromatic N) is 2. The van der Waals surface area contributed by atoms with Crippen molar-refractivity contribution in [2.45, 2.75) is 26.2 Å². The molecule has 0 aliphatic rings. The van der Waals surface area contributed by atoms with Gasteiger partial charge in [0.05, 0.1) is 5.69 Å². The molecule has 0 saturated carbocycles. The second-order valence-corrected chi connectivity index (χ2v) is 3.47. The molecule has 0 bridgehead atoms. The van der Waals surface area contributed by atoms with Crippen LogP contribution in [0.1, 0.15) is 26.2 Å². The summed E-state index contributed by atoms with van der Waals surface area (Å²) < 4.78 is 0. The number of nitrogens with two attached hydrogens (primary N) is 1. The van der Waals surface area contributed by atoms with E-state index in [0.717, 1.165) is 12.8 Å². The summed E-state index contributed by atoms with van der Waals surface area (Å²) in [6.07, 6.45) is 4.09. The van der Waals surface area contributed by atoms with Gasteiger partial charge in [0.2, 0.25) is 5.91 Å². The van der Waals surface area contributed by atoms with E-state index in [-0.39, 0.29) is 5.91 Å². The Kier molecular flexibility index (Phi) is 4.09. The first-order valence-corrected chi connectivity index (χ1v) is 5.14. The highest BCUT2D eigenvalue weighted by Crippen LogP contribution is 2.18. The molecule has 15 heavy (non-hydrogen) atoms. The first kappa shape index (κ1) is 11.5. The normalized spacial score (nSPS) is 10.0. The lowest BCUT2D eigenvalue weighted by Gasteiger charge is -2.17. The van der Waals surface area contributed by atoms with Crippen LogP contribution in [-0.4, -0.2) is 17.9 Å². The Bertz CT molecular complexity index is 338. The van der Waals surface area contributed by atoms with Crippen molar-refractivity contribution in [2.75, 3.05) is 17.7 Å². The fourth-order valence-corrected chi connectivity index (χ4v) is 1.30. The average Bonchev–Trinajstić information content (AvgIpc) is 2.25. The third kappa shape index (κ3) is 2.94. The van der Waals surface area contributed by atoms with Crippen LogP contribution in [0.4, 0.5) is 11.5 Å². The van der Waals surface area contributed by atoms with Gasteiger partial charge in [-0.1, -0.05) is 13.3 Å². The Morgan fingerprint density at radius 2 is 2.33 bits per heavy atom. The summed E-state index contributed by atoms with van der Waals surface area (Å²) in [6.45, 7) is 2.06. The summed E-state index contributed by atoms with van der Waals surface area (Å²) in [5.74, 6) is 0.598. The summed E-state index contributed by atoms with van der Waals surface area (Å²) >= 11 is 0. The molecule has 0 fully saturated rings. The molecule has 1 aromatic heterocycles. The summed E-state index contributed by atoms with van der Waals surface area (Å²) in [5.41, 5.74) is 6.26. The number of anilines is 2. The van der Waals surface area contributed by atoms with Gasteiger partial charge in [-0.2, -0.15) is 0 Å². The van der Waals surface area contributed by atoms with Gasteiger partial charge in [-0.25, -0.2) is 4.98 Å². The van der Waals surface area contributed by atoms with E-state index in [1.54, 1.807) is 25.4 Å². The summed E-state index contributed by atoms with van der Waals surface area (Å²) in [5, 5.41) is 0. The summed E-state index contributed by atoms with van der Waals surface area (Å²) in [7, 11) is 1.71. The maximum Gasteiger partial charge on any atom is 0.227 e. The highest BCUT2D eigenvalue weighted by Gasteiger charge is 2.13. The third-order valence-corrected chi connectivity index (χ3v) is 2.25. The zero-order valence-corrected chi connectivity index (χ0v) is 9.23. The van der Waals surface area contributed by atoms with Crippen molar-refractivity contribution in [1.82, 2.24) is 4.98 Å². The van der Waals surface area contributed by atoms with Crippen molar-refractivity contribution < 1.29 is 4.79 Å². The van der Waals surface area contributed by atoms with Gasteiger partial charge in [-0.05, 0) is 18.6 Å². The molecular weight excluding hydrogens is 190 g/mol. The fraction of sp³-hybridized carbons (Fsp3) is 0.455. The first-order chi connectivity index (χ1) is 7.16. The molecule has 1 heterocycles. The van der Waals surface area contributed by atoms with Gasteiger partial charge in [-0.3, -0.25) is 9.69 Å². The van der Waals surface area contributed by atoms with Gasteiger partial charge < -0.3 is 5.73 Å². The Morgan fingerprint density at radius 3 is 2.93 bits per heavy atom. The van der Waals surface area contributed by atoms with Gasteiger partial charge in [0.1, 0.15) is 0 Å². The minimum atomic E-state index is 0.0576. The van der Waals surface area contributed by atoms with Crippen LogP contribution in [0.2, 0.25) is 0 Å². The highest BCUT2D eigenvalue weighted by molar-refractivity contribution is 5.94. The van der Waals surface area contributed by atoms with Crippen molar-refractivity contribution in [1.29, 1.82) is 0 Å². The minimum absolute atomic E-state index is 0.0576. The van der Waals surface area contributed by atoms with Gasteiger partial charge in [0, 0.05) is 19.7 Å². The zero-order valence-electron chi connectivity index (χ0n) is 9.23. The average molecular weight is 207 g/mol. The molecule has 1 amide bonds. The molecule has 0 aliphatic carbocycles. The van der Waals surface area contributed by atoms with Crippen LogP contribution in [0.25, 0.3) is 0 Å². The van der Waals surface area contributed by atoms with Gasteiger partial charge >= 0.3 is 0 Å². The Labute approximate surface area is 90.1 Å². The van der Waals surface area contributed by atoms with Gasteiger partial charge in [-0.15, -0.1) is 0 Å². The first-order valence-electron chi connectivity index (χ1n) is 5.14. The minimum Gasteiger partial charge on any atom is -0.396 e. The van der Waals surface area contributed by atoms with Crippen molar-refractivity contribution in [3.8, 4) is 0 Å². The topological polar surface area (TPSA) is 59.2 Å². The number of carbonyl (C=O) groups excluding carboxylic acids is 1. The SMILES string of the molecule is CCCCC(=O)N(C)c1ncccc1N. The maximum atomic E-state index is 11.7. The number of hydrogen-bond acceptors (Lipinski definition) is 3. The lowest BCUT2D eigenvalue weighted by atomic mass is 10.2. The number of amides is 1. The number of nitrogen functional groups attached to an aromatic ring is 1. The molecule has 0 spiro atoms. The van der Waals surface area contributed by atoms with Crippen LogP contribution in [0.15, 0.2) is 18.3 Å². The Hall–Kier alpha value is -1.58. The van der Waals surface area contributed by atoms with Gasteiger partial charge in [0.15, 0.2) is 5.82 Å². The largest absolute Gasteiger partial charge is 0.396 e. The summed E-state index contributed by atoms with van der Waals surface area (Å²) in [4.78, 5) is 17.3. The third-order valence-electron chi connectivity index (χ3n) is 2.25. The van der Waals surface area contributed by atoms with Crippen LogP contribution in [0.3, 0.4) is 0 Å². The zero-order chi connectivity index (χ0) is 11.3. The number of pyridine rings is 1. The molecule has 0 aliphatic heterocycles. The molecule has 4 nitrogen and oxygen atoms in total. The smallest absolute Gasteiger partial charge is 0.227 e. The predicted octanol–water partition coefficient (Wildman–Crippen LogP) is 1.82. The second kappa shape index (κ2) is 5.34. The van der Waals surface area contributed by atoms with Crippen LogP contribution in [-0.2, 0) is 4.79 Å². The quantitative estimate of drug-likeness (QED) is 0.819. The standard InChI is InChI=1S/C11H17N3O/c1-3-4-7-10(15)14(2)11-9(12)6-5-8-13-11/h5-6,8H,3-4,7,12H2,1-2H3. The van der Waals surface area contributed by atoms with E-state index in [1.807, 2.05) is 0 Å². The lowest BCUT2D eigenvalue weighted by molar-refractivity contribution is -0.118. The van der Waals surface area contributed by atoms with Gasteiger partial charge in [0.25, 0.3) is 0 Å². The number of aromatic nitrogens is 1. The van der Waals surface area contributed by atoms with Crippen LogP contribution in [0.5, 0.6) is 0 Å². The molecule has 0 radical (unpaired) electrons. The monoisotopic (exact) mass is 207 g/mol. The van der Waals surface area contributed by atoms with E-state index in [1.165, 1.54) is 4.90 Å². The fourth-order valence-electron chi connectivity index (χ4n) is 1.30. The van der Waals surface area contributed by atoms with E-state index in [0.29, 0.717) is 17.9 Å². The van der Waals surface area contributed by atoms with E-state index in [2.05, 4.69) is 11.9 Å². The molecule has 2 N–H and O–H groups in total. The lowest BCUT2D eigenvalue weighted by Crippen LogP contribution is -2.27. The van der Waals surface area contributed by atoms with Crippen molar-refractivity contribution in [2.24, 2.45) is 0 Å². The maximum absolute atomic E-state index is 11.7. The van der Waals surface area contributed by atoms with Crippen molar-refractivity contribution >= 4 is 17.4 Å². The Morgan fingerprint density at radius 1 is 1.60 bits per heavy atom. The van der Waals surface area contributed by atoms with Crippen molar-refractivity contribution in [3.05, 3.63) is 18.3 Å². The highest BCUT2D eigenvalue weighted by atomic mass is 16.2. The van der Waals surface area contributed by atoms with Crippen LogP contribution < -0.4 is 10.6 Å². The van der Waals surface area contributed by atoms with Crippen molar-refractivity contribution in [3.63, 3.8) is 0 Å². The molecule has 0 atom stereocenters. The number of hydrogen-bond donors (Lipinski definition) is 1. The molecule has 0 aromatic carbocycles. The summed E-state index contributed by atoms with van der Waals surface area (Å²) in [6, 6.07) is 3.50. The molecule has 0 unspecified atom stereocenters. The number of rotatable bonds is 4. The molecule has 0 saturated heterocycles. The van der Waals surface area contributed by atoms with E-state index < -0.39 is 0 Å². The van der Waals surface area contributed by atoms with Crippen LogP contribution in [0, 0.1) is 0 Å². The predicted molar refractivity (Wildman–Crippen MR) is 61.6 cm³/mol. The number of unbranched alkanes of at least 4 members (excludes halogenated alkanes) is 1. The molecule has 4 heteroatoms.